The molecule has 3 rings (SSSR count). The van der Waals surface area contributed by atoms with Gasteiger partial charge in [0.25, 0.3) is 0 Å². The van der Waals surface area contributed by atoms with Gasteiger partial charge in [0, 0.05) is 0 Å². The Morgan fingerprint density at radius 3 is 1.30 bits per heavy atom. The molecule has 154 valence electrons. The molecule has 0 fully saturated rings. The van der Waals surface area contributed by atoms with Crippen molar-refractivity contribution in [2.75, 3.05) is 7.11 Å². The second-order valence-electron chi connectivity index (χ2n) is 8.59. The minimum absolute atomic E-state index is 0.222. The zero-order valence-electron chi connectivity index (χ0n) is 18.5. The first kappa shape index (κ1) is 22.1. The van der Waals surface area contributed by atoms with Crippen LogP contribution in [-0.4, -0.2) is 26.3 Å². The Balaban J connectivity index is 2.59. The fourth-order valence-electron chi connectivity index (χ4n) is 4.66. The van der Waals surface area contributed by atoms with Crippen LogP contribution >= 0.6 is 0 Å². The van der Waals surface area contributed by atoms with E-state index in [4.69, 9.17) is 4.74 Å². The third-order valence-electron chi connectivity index (χ3n) is 5.61. The van der Waals surface area contributed by atoms with Gasteiger partial charge in [0.05, 0.1) is 0 Å². The molecule has 3 heteroatoms. The van der Waals surface area contributed by atoms with Crippen molar-refractivity contribution >= 4 is 32.4 Å². The summed E-state index contributed by atoms with van der Waals surface area (Å²) in [6.45, 7) is 8.57. The number of methoxy groups -OCH3 is 1. The molecule has 0 N–H and O–H groups in total. The molecule has 0 saturated heterocycles. The Morgan fingerprint density at radius 1 is 0.700 bits per heavy atom. The van der Waals surface area contributed by atoms with Gasteiger partial charge < -0.3 is 0 Å². The Hall–Kier alpha value is -2.59. The van der Waals surface area contributed by atoms with E-state index in [1.807, 2.05) is 6.92 Å². The van der Waals surface area contributed by atoms with Crippen LogP contribution in [0.15, 0.2) is 101 Å². The molecule has 0 aliphatic rings. The predicted octanol–water partition coefficient (Wildman–Crippen LogP) is 4.23. The van der Waals surface area contributed by atoms with Crippen LogP contribution < -0.4 is 13.2 Å². The van der Waals surface area contributed by atoms with Gasteiger partial charge >= 0.3 is 183 Å². The molecule has 0 amide bonds. The van der Waals surface area contributed by atoms with Crippen LogP contribution in [0.3, 0.4) is 0 Å². The summed E-state index contributed by atoms with van der Waals surface area (Å²) < 4.78 is 10.4. The molecular weight excluding hydrogens is 429 g/mol. The van der Waals surface area contributed by atoms with Gasteiger partial charge in [-0.1, -0.05) is 0 Å². The molecule has 0 spiro atoms. The van der Waals surface area contributed by atoms with E-state index in [2.05, 4.69) is 112 Å². The Kier molecular flexibility index (Phi) is 6.67. The van der Waals surface area contributed by atoms with Crippen LogP contribution in [0.1, 0.15) is 27.7 Å². The second kappa shape index (κ2) is 9.05. The number of hydrogen-bond donors (Lipinski definition) is 0. The summed E-state index contributed by atoms with van der Waals surface area (Å²) >= 11 is -3.49. The van der Waals surface area contributed by atoms with E-state index in [1.165, 1.54) is 24.7 Å². The molecule has 0 bridgehead atoms. The maximum atomic E-state index is 12.9. The van der Waals surface area contributed by atoms with Crippen molar-refractivity contribution in [1.29, 1.82) is 0 Å². The van der Waals surface area contributed by atoms with Crippen molar-refractivity contribution in [3.8, 4) is 0 Å². The molecule has 2 nitrogen and oxygen atoms in total. The minimum atomic E-state index is -3.49. The van der Waals surface area contributed by atoms with E-state index in [0.717, 1.165) is 5.57 Å². The molecule has 0 unspecified atom stereocenters. The van der Waals surface area contributed by atoms with Crippen LogP contribution in [0.2, 0.25) is 0 Å². The number of rotatable bonds is 5. The number of esters is 1. The summed E-state index contributed by atoms with van der Waals surface area (Å²) in [5, 5.41) is 0. The molecule has 3 aromatic carbocycles. The summed E-state index contributed by atoms with van der Waals surface area (Å²) in [7, 11) is 1.47. The predicted molar refractivity (Wildman–Crippen MR) is 128 cm³/mol. The van der Waals surface area contributed by atoms with Gasteiger partial charge in [0.1, 0.15) is 0 Å². The summed E-state index contributed by atoms with van der Waals surface area (Å²) in [5.74, 6) is -0.252. The Morgan fingerprint density at radius 2 is 1.03 bits per heavy atom. The van der Waals surface area contributed by atoms with Crippen molar-refractivity contribution in [1.82, 2.24) is 0 Å². The summed E-state index contributed by atoms with van der Waals surface area (Å²) in [5.41, 5.74) is 0.501. The van der Waals surface area contributed by atoms with Crippen LogP contribution in [0.4, 0.5) is 0 Å². The van der Waals surface area contributed by atoms with Crippen molar-refractivity contribution in [2.24, 2.45) is 5.41 Å². The third kappa shape index (κ3) is 4.02. The Labute approximate surface area is 183 Å². The molecule has 0 atom stereocenters. The van der Waals surface area contributed by atoms with E-state index in [1.54, 1.807) is 0 Å². The van der Waals surface area contributed by atoms with Gasteiger partial charge in [0.2, 0.25) is 0 Å². The van der Waals surface area contributed by atoms with Gasteiger partial charge in [0.15, 0.2) is 0 Å². The van der Waals surface area contributed by atoms with Crippen LogP contribution in [0.25, 0.3) is 0 Å². The van der Waals surface area contributed by atoms with Gasteiger partial charge in [-0.05, 0) is 0 Å². The van der Waals surface area contributed by atoms with Crippen molar-refractivity contribution in [3.05, 3.63) is 101 Å². The molecule has 0 saturated carbocycles. The maximum absolute atomic E-state index is 12.9. The fraction of sp³-hybridized carbons (Fsp3) is 0.222. The van der Waals surface area contributed by atoms with E-state index < -0.39 is 13.3 Å². The first-order valence-corrected chi connectivity index (χ1v) is 14.5. The topological polar surface area (TPSA) is 26.3 Å². The zero-order valence-corrected chi connectivity index (χ0v) is 20.6. The van der Waals surface area contributed by atoms with Gasteiger partial charge in [-0.15, -0.1) is 0 Å². The zero-order chi connectivity index (χ0) is 21.8. The number of ether oxygens (including phenoxy) is 1. The molecule has 3 aromatic rings. The first-order valence-electron chi connectivity index (χ1n) is 10.3. The number of hydrogen-bond acceptors (Lipinski definition) is 2. The fourth-order valence-corrected chi connectivity index (χ4v) is 16.7. The first-order chi connectivity index (χ1) is 14.3. The van der Waals surface area contributed by atoms with Crippen molar-refractivity contribution < 1.29 is 9.53 Å². The SMILES string of the molecule is COC(=O)/C(C)=[C](/C(C)(C)C)[Ge]([c]1ccccc1)([c]1ccccc1)[c]1ccccc1. The van der Waals surface area contributed by atoms with Crippen LogP contribution in [-0.2, 0) is 9.53 Å². The quantitative estimate of drug-likeness (QED) is 0.325. The van der Waals surface area contributed by atoms with E-state index >= 15 is 0 Å². The average molecular weight is 459 g/mol. The standard InChI is InChI=1S/C27H30GeO2/c1-21(26(29)30-5)25(27(2,3)4)28(22-15-9-6-10-16-22,23-17-11-7-12-18-23)24-19-13-8-14-20-24/h6-20H,1-5H3/b25-21-. The molecule has 0 aliphatic heterocycles. The van der Waals surface area contributed by atoms with Crippen molar-refractivity contribution in [3.63, 3.8) is 0 Å². The van der Waals surface area contributed by atoms with Crippen LogP contribution in [0.5, 0.6) is 0 Å². The molecular formula is C27H30GeO2. The molecule has 0 heterocycles. The van der Waals surface area contributed by atoms with E-state index in [-0.39, 0.29) is 11.4 Å². The summed E-state index contributed by atoms with van der Waals surface area (Å²) in [4.78, 5) is 12.9. The second-order valence-corrected chi connectivity index (χ2v) is 16.4. The monoisotopic (exact) mass is 460 g/mol. The molecule has 0 aliphatic carbocycles. The van der Waals surface area contributed by atoms with Crippen LogP contribution in [0, 0.1) is 5.41 Å². The number of benzene rings is 3. The number of allylic oxidation sites excluding steroid dienone is 1. The van der Waals surface area contributed by atoms with E-state index in [9.17, 15) is 4.79 Å². The molecule has 0 radical (unpaired) electrons. The number of carbonyl (C=O) groups excluding carboxylic acids is 1. The molecule has 30 heavy (non-hydrogen) atoms. The van der Waals surface area contributed by atoms with Gasteiger partial charge in [-0.25, -0.2) is 0 Å². The normalized spacial score (nSPS) is 12.8. The Bertz CT molecular complexity index is 920. The number of carbonyl (C=O) groups is 1. The summed E-state index contributed by atoms with van der Waals surface area (Å²) in [6.07, 6.45) is 0. The third-order valence-corrected chi connectivity index (χ3v) is 17.1. The molecule has 0 aromatic heterocycles. The average Bonchev–Trinajstić information content (AvgIpc) is 2.77. The van der Waals surface area contributed by atoms with E-state index in [0.29, 0.717) is 0 Å². The van der Waals surface area contributed by atoms with Gasteiger partial charge in [-0.2, -0.15) is 0 Å². The van der Waals surface area contributed by atoms with Crippen molar-refractivity contribution in [2.45, 2.75) is 27.7 Å². The van der Waals surface area contributed by atoms with Gasteiger partial charge in [-0.3, -0.25) is 0 Å². The summed E-state index contributed by atoms with van der Waals surface area (Å²) in [6, 6.07) is 32.2.